The van der Waals surface area contributed by atoms with Gasteiger partial charge in [-0.15, -0.1) is 12.6 Å². The van der Waals surface area contributed by atoms with E-state index in [0.29, 0.717) is 28.8 Å². The fourth-order valence-electron chi connectivity index (χ4n) is 3.89. The molecule has 0 radical (unpaired) electrons. The van der Waals surface area contributed by atoms with E-state index in [-0.39, 0.29) is 0 Å². The summed E-state index contributed by atoms with van der Waals surface area (Å²) in [7, 11) is 6.36. The predicted octanol–water partition coefficient (Wildman–Crippen LogP) is 5.42. The number of nitrogens with zero attached hydrogens (tertiary/aromatic N) is 2. The number of aryl methyl sites for hydroxylation is 1. The minimum Gasteiger partial charge on any atom is -0.497 e. The van der Waals surface area contributed by atoms with Crippen LogP contribution in [0.4, 0.5) is 5.82 Å². The first-order valence-electron chi connectivity index (χ1n) is 10.5. The van der Waals surface area contributed by atoms with Crippen molar-refractivity contribution >= 4 is 18.4 Å². The molecule has 4 rings (SSSR count). The fourth-order valence-corrected chi connectivity index (χ4v) is 4.28. The van der Waals surface area contributed by atoms with E-state index < -0.39 is 0 Å². The Morgan fingerprint density at radius 2 is 1.47 bits per heavy atom. The zero-order valence-electron chi connectivity index (χ0n) is 19.7. The van der Waals surface area contributed by atoms with Gasteiger partial charge in [-0.25, -0.2) is 4.68 Å². The summed E-state index contributed by atoms with van der Waals surface area (Å²) in [6.07, 6.45) is 0. The second kappa shape index (κ2) is 9.61. The molecule has 8 heteroatoms. The van der Waals surface area contributed by atoms with Gasteiger partial charge < -0.3 is 24.7 Å². The van der Waals surface area contributed by atoms with Gasteiger partial charge in [0.05, 0.1) is 39.7 Å². The largest absolute Gasteiger partial charge is 0.497 e. The van der Waals surface area contributed by atoms with Gasteiger partial charge in [0.2, 0.25) is 5.75 Å². The molecule has 3 aromatic carbocycles. The van der Waals surface area contributed by atoms with Crippen molar-refractivity contribution in [3.8, 4) is 51.1 Å². The Kier molecular flexibility index (Phi) is 6.61. The first-order chi connectivity index (χ1) is 16.4. The van der Waals surface area contributed by atoms with Crippen LogP contribution in [0.25, 0.3) is 28.1 Å². The Balaban J connectivity index is 2.01. The molecule has 34 heavy (non-hydrogen) atoms. The van der Waals surface area contributed by atoms with Crippen LogP contribution in [0.1, 0.15) is 5.56 Å². The van der Waals surface area contributed by atoms with Gasteiger partial charge in [0.15, 0.2) is 11.5 Å². The summed E-state index contributed by atoms with van der Waals surface area (Å²) in [5.74, 6) is 2.78. The maximum absolute atomic E-state index is 6.73. The van der Waals surface area contributed by atoms with Gasteiger partial charge in [-0.2, -0.15) is 5.10 Å². The highest BCUT2D eigenvalue weighted by Crippen LogP contribution is 2.45. The highest BCUT2D eigenvalue weighted by Gasteiger charge is 2.24. The van der Waals surface area contributed by atoms with Crippen molar-refractivity contribution in [2.75, 3.05) is 34.2 Å². The molecule has 0 aliphatic rings. The second-order valence-corrected chi connectivity index (χ2v) is 8.14. The topological polar surface area (TPSA) is 80.8 Å². The number of hydrogen-bond acceptors (Lipinski definition) is 7. The van der Waals surface area contributed by atoms with Crippen molar-refractivity contribution in [2.45, 2.75) is 11.8 Å². The number of ether oxygens (including phenoxy) is 4. The zero-order chi connectivity index (χ0) is 24.4. The SMILES string of the molecule is COc1ccc(-n2nc(-c3cc(OC)c(OC)c(OC)c3)c(-c3ccc(C)cc3S)c2N)cc1. The lowest BCUT2D eigenvalue weighted by atomic mass is 9.99. The van der Waals surface area contributed by atoms with Crippen LogP contribution in [0.5, 0.6) is 23.0 Å². The second-order valence-electron chi connectivity index (χ2n) is 7.65. The summed E-state index contributed by atoms with van der Waals surface area (Å²) in [6.45, 7) is 2.02. The van der Waals surface area contributed by atoms with Crippen LogP contribution in [-0.2, 0) is 0 Å². The molecule has 1 aromatic heterocycles. The first-order valence-corrected chi connectivity index (χ1v) is 11.0. The number of aromatic nitrogens is 2. The number of hydrogen-bond donors (Lipinski definition) is 2. The summed E-state index contributed by atoms with van der Waals surface area (Å²) >= 11 is 4.74. The monoisotopic (exact) mass is 477 g/mol. The first kappa shape index (κ1) is 23.4. The molecule has 0 fully saturated rings. The van der Waals surface area contributed by atoms with Crippen LogP contribution in [0.15, 0.2) is 59.5 Å². The maximum atomic E-state index is 6.73. The highest BCUT2D eigenvalue weighted by molar-refractivity contribution is 7.80. The average molecular weight is 478 g/mol. The van der Waals surface area contributed by atoms with Gasteiger partial charge in [0.25, 0.3) is 0 Å². The Hall–Kier alpha value is -3.78. The normalized spacial score (nSPS) is 10.8. The van der Waals surface area contributed by atoms with E-state index >= 15 is 0 Å². The Morgan fingerprint density at radius 3 is 2.00 bits per heavy atom. The molecule has 0 aliphatic heterocycles. The van der Waals surface area contributed by atoms with E-state index in [0.717, 1.165) is 38.6 Å². The molecule has 176 valence electrons. The summed E-state index contributed by atoms with van der Waals surface area (Å²) in [5.41, 5.74) is 11.7. The molecule has 2 N–H and O–H groups in total. The van der Waals surface area contributed by atoms with E-state index in [9.17, 15) is 0 Å². The van der Waals surface area contributed by atoms with E-state index in [2.05, 4.69) is 0 Å². The molecule has 1 heterocycles. The number of methoxy groups -OCH3 is 4. The number of nitrogen functional groups attached to an aromatic ring is 1. The molecule has 0 saturated heterocycles. The lowest BCUT2D eigenvalue weighted by Crippen LogP contribution is -2.02. The van der Waals surface area contributed by atoms with E-state index in [1.807, 2.05) is 61.5 Å². The van der Waals surface area contributed by atoms with Gasteiger partial charge >= 0.3 is 0 Å². The average Bonchev–Trinajstić information content (AvgIpc) is 3.19. The molecule has 0 spiro atoms. The van der Waals surface area contributed by atoms with Gasteiger partial charge in [0, 0.05) is 16.0 Å². The third-order valence-electron chi connectivity index (χ3n) is 5.60. The lowest BCUT2D eigenvalue weighted by molar-refractivity contribution is 0.324. The number of benzene rings is 3. The summed E-state index contributed by atoms with van der Waals surface area (Å²) in [4.78, 5) is 0.801. The molecule has 0 atom stereocenters. The molecular weight excluding hydrogens is 450 g/mol. The van der Waals surface area contributed by atoms with Crippen LogP contribution in [0.2, 0.25) is 0 Å². The molecule has 0 unspecified atom stereocenters. The van der Waals surface area contributed by atoms with Gasteiger partial charge in [-0.05, 0) is 55.0 Å². The molecular formula is C26H27N3O4S. The molecule has 0 saturated carbocycles. The lowest BCUT2D eigenvalue weighted by Gasteiger charge is -2.14. The van der Waals surface area contributed by atoms with Crippen LogP contribution in [-0.4, -0.2) is 38.2 Å². The number of anilines is 1. The number of thiol groups is 1. The quantitative estimate of drug-likeness (QED) is 0.346. The Labute approximate surface area is 204 Å². The Morgan fingerprint density at radius 1 is 0.824 bits per heavy atom. The standard InChI is InChI=1S/C26H27N3O4S/c1-15-6-11-19(22(34)12-15)23-24(16-13-20(31-3)25(33-5)21(14-16)32-4)28-29(26(23)27)17-7-9-18(30-2)10-8-17/h6-14,34H,27H2,1-5H3. The summed E-state index contributed by atoms with van der Waals surface area (Å²) < 4.78 is 23.6. The van der Waals surface area contributed by atoms with E-state index in [1.165, 1.54) is 0 Å². The van der Waals surface area contributed by atoms with Crippen molar-refractivity contribution in [2.24, 2.45) is 0 Å². The highest BCUT2D eigenvalue weighted by atomic mass is 32.1. The maximum Gasteiger partial charge on any atom is 0.203 e. The molecule has 4 aromatic rings. The van der Waals surface area contributed by atoms with Crippen LogP contribution >= 0.6 is 12.6 Å². The van der Waals surface area contributed by atoms with Gasteiger partial charge in [-0.3, -0.25) is 0 Å². The van der Waals surface area contributed by atoms with E-state index in [4.69, 9.17) is 42.4 Å². The smallest absolute Gasteiger partial charge is 0.203 e. The molecule has 0 bridgehead atoms. The van der Waals surface area contributed by atoms with Gasteiger partial charge in [-0.1, -0.05) is 12.1 Å². The van der Waals surface area contributed by atoms with Crippen LogP contribution in [0.3, 0.4) is 0 Å². The minimum atomic E-state index is 0.480. The van der Waals surface area contributed by atoms with Crippen molar-refractivity contribution in [3.05, 3.63) is 60.2 Å². The third-order valence-corrected chi connectivity index (χ3v) is 5.97. The molecule has 0 amide bonds. The van der Waals surface area contributed by atoms with Gasteiger partial charge in [0.1, 0.15) is 17.3 Å². The number of rotatable bonds is 7. The summed E-state index contributed by atoms with van der Waals surface area (Å²) in [6, 6.07) is 17.3. The number of nitrogens with two attached hydrogens (primary N) is 1. The molecule has 7 nitrogen and oxygen atoms in total. The Bertz CT molecular complexity index is 1310. The van der Waals surface area contributed by atoms with Crippen molar-refractivity contribution in [1.29, 1.82) is 0 Å². The summed E-state index contributed by atoms with van der Waals surface area (Å²) in [5, 5.41) is 4.92. The third kappa shape index (κ3) is 4.12. The van der Waals surface area contributed by atoms with Crippen molar-refractivity contribution in [3.63, 3.8) is 0 Å². The molecule has 0 aliphatic carbocycles. The van der Waals surface area contributed by atoms with Crippen LogP contribution < -0.4 is 24.7 Å². The van der Waals surface area contributed by atoms with Crippen molar-refractivity contribution in [1.82, 2.24) is 9.78 Å². The van der Waals surface area contributed by atoms with Crippen molar-refractivity contribution < 1.29 is 18.9 Å². The zero-order valence-corrected chi connectivity index (χ0v) is 20.6. The fraction of sp³-hybridized carbons (Fsp3) is 0.192. The predicted molar refractivity (Wildman–Crippen MR) is 137 cm³/mol. The minimum absolute atomic E-state index is 0.480. The van der Waals surface area contributed by atoms with Crippen LogP contribution in [0, 0.1) is 6.92 Å². The van der Waals surface area contributed by atoms with E-state index in [1.54, 1.807) is 33.1 Å².